The monoisotopic (exact) mass is 367 g/mol. The largest absolute Gasteiger partial charge is 0.348 e. The fourth-order valence-electron chi connectivity index (χ4n) is 3.57. The van der Waals surface area contributed by atoms with Crippen LogP contribution in [0.15, 0.2) is 53.1 Å². The lowest BCUT2D eigenvalue weighted by Crippen LogP contribution is -2.36. The standard InChI is InChI=1S/C18H17N5S2/c1-2-14(23(6-1)18-19-5-9-25-18)10-22-7-3-15-16(21-12-20-15)17(22)13-4-8-24-11-13/h1-2,4-6,8-9,11-12,17H,3,7,10H2,(H,20,21)/t17-/m1/s1. The van der Waals surface area contributed by atoms with Crippen molar-refractivity contribution in [2.24, 2.45) is 0 Å². The fraction of sp³-hybridized carbons (Fsp3) is 0.222. The highest BCUT2D eigenvalue weighted by Crippen LogP contribution is 2.35. The Bertz CT molecular complexity index is 952. The molecule has 4 aromatic rings. The van der Waals surface area contributed by atoms with Crippen molar-refractivity contribution in [2.75, 3.05) is 6.54 Å². The molecule has 1 N–H and O–H groups in total. The van der Waals surface area contributed by atoms with Crippen LogP contribution in [-0.4, -0.2) is 31.0 Å². The summed E-state index contributed by atoms with van der Waals surface area (Å²) in [7, 11) is 0. The first-order valence-electron chi connectivity index (χ1n) is 8.24. The summed E-state index contributed by atoms with van der Waals surface area (Å²) < 4.78 is 2.19. The van der Waals surface area contributed by atoms with Crippen LogP contribution in [0.3, 0.4) is 0 Å². The Labute approximate surface area is 153 Å². The molecule has 5 nitrogen and oxygen atoms in total. The van der Waals surface area contributed by atoms with Gasteiger partial charge in [-0.25, -0.2) is 9.97 Å². The van der Waals surface area contributed by atoms with Crippen molar-refractivity contribution in [3.05, 3.63) is 75.7 Å². The summed E-state index contributed by atoms with van der Waals surface area (Å²) in [6.45, 7) is 1.89. The molecule has 0 aliphatic carbocycles. The molecule has 0 spiro atoms. The minimum Gasteiger partial charge on any atom is -0.348 e. The number of aromatic amines is 1. The van der Waals surface area contributed by atoms with E-state index in [0.29, 0.717) is 0 Å². The van der Waals surface area contributed by atoms with Crippen molar-refractivity contribution in [3.8, 4) is 5.13 Å². The maximum atomic E-state index is 4.64. The minimum absolute atomic E-state index is 0.209. The number of aromatic nitrogens is 4. The molecule has 0 saturated heterocycles. The lowest BCUT2D eigenvalue weighted by atomic mass is 9.97. The number of imidazole rings is 1. The molecule has 5 heterocycles. The lowest BCUT2D eigenvalue weighted by Gasteiger charge is -2.34. The maximum Gasteiger partial charge on any atom is 0.193 e. The van der Waals surface area contributed by atoms with Gasteiger partial charge in [-0.05, 0) is 34.5 Å². The zero-order valence-electron chi connectivity index (χ0n) is 13.5. The third-order valence-corrected chi connectivity index (χ3v) is 6.18. The molecular formula is C18H17N5S2. The highest BCUT2D eigenvalue weighted by molar-refractivity contribution is 7.12. The maximum absolute atomic E-state index is 4.64. The molecule has 0 amide bonds. The van der Waals surface area contributed by atoms with Crippen molar-refractivity contribution < 1.29 is 0 Å². The number of hydrogen-bond acceptors (Lipinski definition) is 5. The van der Waals surface area contributed by atoms with Gasteiger partial charge >= 0.3 is 0 Å². The van der Waals surface area contributed by atoms with Gasteiger partial charge in [-0.2, -0.15) is 11.3 Å². The molecule has 4 aromatic heterocycles. The van der Waals surface area contributed by atoms with Gasteiger partial charge in [-0.1, -0.05) is 0 Å². The number of nitrogens with one attached hydrogen (secondary N) is 1. The van der Waals surface area contributed by atoms with E-state index in [2.05, 4.69) is 59.6 Å². The molecule has 0 fully saturated rings. The van der Waals surface area contributed by atoms with Gasteiger partial charge in [0.1, 0.15) is 0 Å². The predicted octanol–water partition coefficient (Wildman–Crippen LogP) is 3.87. The van der Waals surface area contributed by atoms with Gasteiger partial charge in [0.15, 0.2) is 5.13 Å². The van der Waals surface area contributed by atoms with E-state index >= 15 is 0 Å². The van der Waals surface area contributed by atoms with E-state index < -0.39 is 0 Å². The molecule has 1 atom stereocenters. The average Bonchev–Trinajstić information content (AvgIpc) is 3.40. The van der Waals surface area contributed by atoms with Gasteiger partial charge in [-0.3, -0.25) is 9.47 Å². The summed E-state index contributed by atoms with van der Waals surface area (Å²) in [6, 6.07) is 6.71. The molecular weight excluding hydrogens is 350 g/mol. The number of H-pyrrole nitrogens is 1. The van der Waals surface area contributed by atoms with Crippen LogP contribution in [0.25, 0.3) is 5.13 Å². The zero-order chi connectivity index (χ0) is 16.6. The Morgan fingerprint density at radius 2 is 2.24 bits per heavy atom. The molecule has 0 aromatic carbocycles. The zero-order valence-corrected chi connectivity index (χ0v) is 15.1. The van der Waals surface area contributed by atoms with E-state index in [-0.39, 0.29) is 6.04 Å². The molecule has 25 heavy (non-hydrogen) atoms. The topological polar surface area (TPSA) is 49.7 Å². The summed E-state index contributed by atoms with van der Waals surface area (Å²) >= 11 is 3.41. The summed E-state index contributed by atoms with van der Waals surface area (Å²) in [4.78, 5) is 14.9. The second-order valence-electron chi connectivity index (χ2n) is 6.13. The van der Waals surface area contributed by atoms with Gasteiger partial charge in [0.25, 0.3) is 0 Å². The number of thiazole rings is 1. The number of hydrogen-bond donors (Lipinski definition) is 1. The van der Waals surface area contributed by atoms with Crippen molar-refractivity contribution in [3.63, 3.8) is 0 Å². The Morgan fingerprint density at radius 1 is 1.24 bits per heavy atom. The van der Waals surface area contributed by atoms with E-state index in [4.69, 9.17) is 0 Å². The number of nitrogens with zero attached hydrogens (tertiary/aromatic N) is 4. The lowest BCUT2D eigenvalue weighted by molar-refractivity contribution is 0.197. The molecule has 1 aliphatic rings. The summed E-state index contributed by atoms with van der Waals surface area (Å²) in [5, 5.41) is 7.42. The SMILES string of the molecule is c1cc(CN2CCc3[nH]cnc3[C@H]2c2ccsc2)n(-c2nccs2)c1. The summed E-state index contributed by atoms with van der Waals surface area (Å²) in [5.74, 6) is 0. The first-order valence-corrected chi connectivity index (χ1v) is 10.1. The third kappa shape index (κ3) is 2.64. The highest BCUT2D eigenvalue weighted by Gasteiger charge is 2.31. The van der Waals surface area contributed by atoms with E-state index in [1.165, 1.54) is 17.0 Å². The van der Waals surface area contributed by atoms with Crippen LogP contribution in [0.1, 0.15) is 28.7 Å². The molecule has 0 bridgehead atoms. The number of thiophene rings is 1. The van der Waals surface area contributed by atoms with E-state index in [1.807, 2.05) is 17.9 Å². The Balaban J connectivity index is 1.51. The molecule has 0 saturated carbocycles. The Hall–Kier alpha value is -2.22. The molecule has 1 aliphatic heterocycles. The number of rotatable bonds is 4. The minimum atomic E-state index is 0.209. The number of fused-ring (bicyclic) bond motifs is 1. The van der Waals surface area contributed by atoms with Crippen LogP contribution < -0.4 is 0 Å². The third-order valence-electron chi connectivity index (χ3n) is 4.71. The molecule has 5 rings (SSSR count). The van der Waals surface area contributed by atoms with Crippen molar-refractivity contribution >= 4 is 22.7 Å². The van der Waals surface area contributed by atoms with Crippen LogP contribution in [-0.2, 0) is 13.0 Å². The van der Waals surface area contributed by atoms with Gasteiger partial charge in [0, 0.05) is 48.7 Å². The van der Waals surface area contributed by atoms with Crippen LogP contribution in [0.2, 0.25) is 0 Å². The highest BCUT2D eigenvalue weighted by atomic mass is 32.1. The van der Waals surface area contributed by atoms with Crippen LogP contribution in [0, 0.1) is 0 Å². The molecule has 7 heteroatoms. The quantitative estimate of drug-likeness (QED) is 0.596. The van der Waals surface area contributed by atoms with Crippen LogP contribution in [0.4, 0.5) is 0 Å². The normalized spacial score (nSPS) is 17.7. The van der Waals surface area contributed by atoms with E-state index in [1.54, 1.807) is 22.7 Å². The first kappa shape index (κ1) is 15.1. The van der Waals surface area contributed by atoms with E-state index in [0.717, 1.165) is 30.3 Å². The second kappa shape index (κ2) is 6.25. The van der Waals surface area contributed by atoms with Gasteiger partial charge < -0.3 is 4.98 Å². The summed E-state index contributed by atoms with van der Waals surface area (Å²) in [5.41, 5.74) is 5.01. The second-order valence-corrected chi connectivity index (χ2v) is 7.78. The Kier molecular flexibility index (Phi) is 3.77. The van der Waals surface area contributed by atoms with Gasteiger partial charge in [-0.15, -0.1) is 11.3 Å². The van der Waals surface area contributed by atoms with Crippen molar-refractivity contribution in [1.29, 1.82) is 0 Å². The van der Waals surface area contributed by atoms with Crippen LogP contribution >= 0.6 is 22.7 Å². The molecule has 0 unspecified atom stereocenters. The molecule has 0 radical (unpaired) electrons. The van der Waals surface area contributed by atoms with E-state index in [9.17, 15) is 0 Å². The first-order chi connectivity index (χ1) is 12.4. The summed E-state index contributed by atoms with van der Waals surface area (Å²) in [6.07, 6.45) is 6.78. The fourth-order valence-corrected chi connectivity index (χ4v) is 4.90. The average molecular weight is 368 g/mol. The van der Waals surface area contributed by atoms with Crippen molar-refractivity contribution in [1.82, 2.24) is 24.4 Å². The molecule has 126 valence electrons. The predicted molar refractivity (Wildman–Crippen MR) is 100 cm³/mol. The van der Waals surface area contributed by atoms with Crippen LogP contribution in [0.5, 0.6) is 0 Å². The smallest absolute Gasteiger partial charge is 0.193 e. The van der Waals surface area contributed by atoms with Gasteiger partial charge in [0.2, 0.25) is 0 Å². The Morgan fingerprint density at radius 3 is 3.08 bits per heavy atom. The van der Waals surface area contributed by atoms with Crippen molar-refractivity contribution in [2.45, 2.75) is 19.0 Å². The van der Waals surface area contributed by atoms with Gasteiger partial charge in [0.05, 0.1) is 18.1 Å².